The number of likely N-dealkylation sites (tertiary alicyclic amines) is 1. The van der Waals surface area contributed by atoms with Gasteiger partial charge in [0.25, 0.3) is 0 Å². The lowest BCUT2D eigenvalue weighted by atomic mass is 9.90. The highest BCUT2D eigenvalue weighted by molar-refractivity contribution is 6.09. The van der Waals surface area contributed by atoms with Gasteiger partial charge in [-0.3, -0.25) is 14.6 Å². The van der Waals surface area contributed by atoms with Crippen molar-refractivity contribution in [3.05, 3.63) is 59.7 Å². The number of benzene rings is 2. The van der Waals surface area contributed by atoms with E-state index in [9.17, 15) is 14.0 Å². The van der Waals surface area contributed by atoms with Crippen LogP contribution in [0.15, 0.2) is 41.9 Å². The smallest absolute Gasteiger partial charge is 0.246 e. The van der Waals surface area contributed by atoms with E-state index in [2.05, 4.69) is 28.3 Å². The maximum absolute atomic E-state index is 15.1. The molecule has 8 nitrogen and oxygen atoms in total. The van der Waals surface area contributed by atoms with Crippen LogP contribution in [0.2, 0.25) is 0 Å². The maximum Gasteiger partial charge on any atom is 0.246 e. The van der Waals surface area contributed by atoms with Crippen LogP contribution in [0.4, 0.5) is 14.5 Å². The number of amides is 2. The monoisotopic (exact) mass is 647 g/mol. The number of carbonyl (C=O) groups excluding carboxylic acids is 2. The summed E-state index contributed by atoms with van der Waals surface area (Å²) >= 11 is 0. The van der Waals surface area contributed by atoms with Crippen LogP contribution >= 0.6 is 0 Å². The first kappa shape index (κ1) is 33.1. The molecule has 0 spiro atoms. The number of carbonyl (C=O) groups is 2. The Bertz CT molecular complexity index is 1540. The van der Waals surface area contributed by atoms with Crippen molar-refractivity contribution in [2.24, 2.45) is 10.9 Å². The summed E-state index contributed by atoms with van der Waals surface area (Å²) in [6, 6.07) is 6.49. The van der Waals surface area contributed by atoms with E-state index < -0.39 is 11.6 Å². The molecule has 2 aromatic carbocycles. The zero-order chi connectivity index (χ0) is 33.2. The van der Waals surface area contributed by atoms with E-state index in [0.29, 0.717) is 49.0 Å². The number of piperidine rings is 1. The number of anilines is 1. The highest BCUT2D eigenvalue weighted by atomic mass is 19.1. The molecule has 7 rings (SSSR count). The van der Waals surface area contributed by atoms with Gasteiger partial charge in [-0.05, 0) is 93.7 Å². The van der Waals surface area contributed by atoms with Gasteiger partial charge in [-0.1, -0.05) is 13.5 Å². The summed E-state index contributed by atoms with van der Waals surface area (Å²) in [5.41, 5.74) is 2.98. The molecule has 0 radical (unpaired) electrons. The lowest BCUT2D eigenvalue weighted by molar-refractivity contribution is -0.128. The SMILES string of the molecule is C=CC(=O)N1CCN(C(=NC)c2cc(C3CC3)c(-c3ccc(F)cc3F)c3c2N(C=O)CCO3)C(C)C1.CCCN1C[C@H]2CC[C@@H]1C2. The lowest BCUT2D eigenvalue weighted by Gasteiger charge is -2.42. The predicted molar refractivity (Wildman–Crippen MR) is 181 cm³/mol. The molecule has 10 heteroatoms. The van der Waals surface area contributed by atoms with Crippen molar-refractivity contribution in [2.45, 2.75) is 70.4 Å². The van der Waals surface area contributed by atoms with E-state index in [1.54, 1.807) is 16.8 Å². The van der Waals surface area contributed by atoms with Gasteiger partial charge in [0.05, 0.1) is 12.2 Å². The Morgan fingerprint density at radius 3 is 2.51 bits per heavy atom. The second kappa shape index (κ2) is 14.1. The van der Waals surface area contributed by atoms with E-state index in [1.165, 1.54) is 57.0 Å². The third kappa shape index (κ3) is 6.66. The molecule has 2 saturated heterocycles. The Hall–Kier alpha value is -3.79. The van der Waals surface area contributed by atoms with Crippen LogP contribution in [0.1, 0.15) is 69.4 Å². The number of ether oxygens (including phenoxy) is 1. The number of aliphatic imine (C=N–C) groups is 1. The van der Waals surface area contributed by atoms with Crippen LogP contribution in [-0.4, -0.2) is 97.9 Å². The van der Waals surface area contributed by atoms with Gasteiger partial charge in [0.1, 0.15) is 24.1 Å². The minimum atomic E-state index is -0.676. The van der Waals surface area contributed by atoms with Gasteiger partial charge in [-0.2, -0.15) is 0 Å². The molecule has 2 amide bonds. The zero-order valence-corrected chi connectivity index (χ0v) is 27.9. The Morgan fingerprint density at radius 2 is 1.91 bits per heavy atom. The lowest BCUT2D eigenvalue weighted by Crippen LogP contribution is -2.55. The molecule has 2 saturated carbocycles. The molecular weight excluding hydrogens is 600 g/mol. The Labute approximate surface area is 277 Å². The second-order valence-electron chi connectivity index (χ2n) is 13.5. The van der Waals surface area contributed by atoms with Gasteiger partial charge < -0.3 is 24.3 Å². The third-order valence-corrected chi connectivity index (χ3v) is 10.4. The number of hydrogen-bond acceptors (Lipinski definition) is 5. The van der Waals surface area contributed by atoms with Crippen molar-refractivity contribution in [1.29, 1.82) is 0 Å². The van der Waals surface area contributed by atoms with Gasteiger partial charge in [0.15, 0.2) is 5.75 Å². The van der Waals surface area contributed by atoms with E-state index >= 15 is 4.39 Å². The van der Waals surface area contributed by atoms with Crippen molar-refractivity contribution in [3.63, 3.8) is 0 Å². The number of amidine groups is 1. The van der Waals surface area contributed by atoms with Crippen molar-refractivity contribution < 1.29 is 23.1 Å². The predicted octanol–water partition coefficient (Wildman–Crippen LogP) is 5.84. The minimum absolute atomic E-state index is 0.0419. The van der Waals surface area contributed by atoms with Gasteiger partial charge in [-0.15, -0.1) is 0 Å². The average molecular weight is 648 g/mol. The fourth-order valence-electron chi connectivity index (χ4n) is 8.01. The largest absolute Gasteiger partial charge is 0.489 e. The van der Waals surface area contributed by atoms with Crippen LogP contribution in [0.3, 0.4) is 0 Å². The zero-order valence-electron chi connectivity index (χ0n) is 27.9. The fraction of sp³-hybridized carbons (Fsp3) is 0.541. The van der Waals surface area contributed by atoms with Crippen LogP contribution in [0.5, 0.6) is 5.75 Å². The Morgan fingerprint density at radius 1 is 1.11 bits per heavy atom. The topological polar surface area (TPSA) is 68.7 Å². The van der Waals surface area contributed by atoms with Gasteiger partial charge in [0, 0.05) is 68.1 Å². The normalized spacial score (nSPS) is 24.0. The van der Waals surface area contributed by atoms with Crippen molar-refractivity contribution in [1.82, 2.24) is 14.7 Å². The van der Waals surface area contributed by atoms with Crippen LogP contribution in [0.25, 0.3) is 11.1 Å². The van der Waals surface area contributed by atoms with E-state index in [1.807, 2.05) is 13.0 Å². The average Bonchev–Trinajstić information content (AvgIpc) is 3.71. The molecule has 2 aliphatic carbocycles. The summed E-state index contributed by atoms with van der Waals surface area (Å²) < 4.78 is 35.0. The summed E-state index contributed by atoms with van der Waals surface area (Å²) in [5, 5.41) is 0. The fourth-order valence-corrected chi connectivity index (χ4v) is 8.01. The summed E-state index contributed by atoms with van der Waals surface area (Å²) in [4.78, 5) is 37.2. The van der Waals surface area contributed by atoms with Gasteiger partial charge in [0.2, 0.25) is 12.3 Å². The van der Waals surface area contributed by atoms with E-state index in [-0.39, 0.29) is 30.0 Å². The molecule has 0 aromatic heterocycles. The van der Waals surface area contributed by atoms with Gasteiger partial charge >= 0.3 is 0 Å². The molecule has 0 N–H and O–H groups in total. The Kier molecular flexibility index (Phi) is 9.96. The first-order chi connectivity index (χ1) is 22.8. The number of nitrogens with zero attached hydrogens (tertiary/aromatic N) is 5. The van der Waals surface area contributed by atoms with Crippen LogP contribution in [0, 0.1) is 17.6 Å². The molecule has 4 fully saturated rings. The Balaban J connectivity index is 0.000000327. The molecule has 1 unspecified atom stereocenters. The molecule has 3 heterocycles. The summed E-state index contributed by atoms with van der Waals surface area (Å²) in [6.07, 6.45) is 9.83. The highest BCUT2D eigenvalue weighted by Gasteiger charge is 2.38. The number of piperazine rings is 1. The molecular formula is C37H47F2N5O3. The first-order valence-electron chi connectivity index (χ1n) is 17.2. The summed E-state index contributed by atoms with van der Waals surface area (Å²) in [5.74, 6) is 0.939. The second-order valence-corrected chi connectivity index (χ2v) is 13.5. The molecule has 3 aliphatic heterocycles. The number of hydrogen-bond donors (Lipinski definition) is 0. The van der Waals surface area contributed by atoms with Gasteiger partial charge in [-0.25, -0.2) is 8.78 Å². The van der Waals surface area contributed by atoms with Crippen molar-refractivity contribution >= 4 is 23.8 Å². The molecule has 3 atom stereocenters. The van der Waals surface area contributed by atoms with Crippen molar-refractivity contribution in [3.8, 4) is 16.9 Å². The van der Waals surface area contributed by atoms with Crippen molar-refractivity contribution in [2.75, 3.05) is 57.8 Å². The summed E-state index contributed by atoms with van der Waals surface area (Å²) in [6.45, 7) is 12.8. The van der Waals surface area contributed by atoms with Crippen LogP contribution < -0.4 is 9.64 Å². The quantitative estimate of drug-likeness (QED) is 0.164. The minimum Gasteiger partial charge on any atom is -0.489 e. The molecule has 252 valence electrons. The number of halogens is 2. The molecule has 47 heavy (non-hydrogen) atoms. The third-order valence-electron chi connectivity index (χ3n) is 10.4. The first-order valence-corrected chi connectivity index (χ1v) is 17.2. The highest BCUT2D eigenvalue weighted by Crippen LogP contribution is 2.53. The number of rotatable bonds is 7. The van der Waals surface area contributed by atoms with E-state index in [4.69, 9.17) is 4.74 Å². The summed E-state index contributed by atoms with van der Waals surface area (Å²) in [7, 11) is 1.70. The maximum atomic E-state index is 15.1. The van der Waals surface area contributed by atoms with E-state index in [0.717, 1.165) is 48.4 Å². The van der Waals surface area contributed by atoms with Crippen LogP contribution in [-0.2, 0) is 9.59 Å². The standard InChI is InChI=1S/C28H30F2N4O3.C9H17N/c1-4-24(36)32-9-10-34(17(2)15-32)28(31-3)22-14-21(18-5-6-18)25(20-8-7-19(29)13-23(20)30)27-26(22)33(16-35)11-12-37-27;1-2-5-10-7-8-3-4-9(10)6-8/h4,7-8,13-14,16-18H,1,5-6,9-12,15H2,2-3H3;8-9H,2-7H2,1H3/t;8-,9+/m.0/s1. The molecule has 2 aromatic rings. The number of fused-ring (bicyclic) bond motifs is 3. The molecule has 2 bridgehead atoms. The molecule has 5 aliphatic rings.